The van der Waals surface area contributed by atoms with E-state index in [2.05, 4.69) is 31.4 Å². The van der Waals surface area contributed by atoms with Gasteiger partial charge in [-0.05, 0) is 30.5 Å². The van der Waals surface area contributed by atoms with Crippen LogP contribution < -0.4 is 10.6 Å². The van der Waals surface area contributed by atoms with E-state index in [9.17, 15) is 9.90 Å². The lowest BCUT2D eigenvalue weighted by molar-refractivity contribution is -0.114. The number of aliphatic hydroxyl groups excluding tert-OH is 1. The molecule has 0 heterocycles. The third-order valence-corrected chi connectivity index (χ3v) is 3.64. The van der Waals surface area contributed by atoms with Crippen LogP contribution in [0.2, 0.25) is 0 Å². The van der Waals surface area contributed by atoms with Crippen LogP contribution in [-0.4, -0.2) is 23.7 Å². The zero-order valence-corrected chi connectivity index (χ0v) is 12.8. The zero-order chi connectivity index (χ0) is 15.1. The highest BCUT2D eigenvalue weighted by Crippen LogP contribution is 2.18. The first-order chi connectivity index (χ1) is 9.43. The van der Waals surface area contributed by atoms with E-state index in [0.717, 1.165) is 17.7 Å². The maximum Gasteiger partial charge on any atom is 0.221 e. The van der Waals surface area contributed by atoms with Gasteiger partial charge < -0.3 is 15.7 Å². The molecule has 0 aliphatic carbocycles. The van der Waals surface area contributed by atoms with Gasteiger partial charge in [-0.25, -0.2) is 0 Å². The smallest absolute Gasteiger partial charge is 0.221 e. The van der Waals surface area contributed by atoms with Gasteiger partial charge in [-0.1, -0.05) is 32.4 Å². The highest BCUT2D eigenvalue weighted by Gasteiger charge is 2.14. The minimum absolute atomic E-state index is 0.0741. The Hall–Kier alpha value is -1.39. The number of anilines is 1. The number of rotatable bonds is 7. The predicted octanol–water partition coefficient (Wildman–Crippen LogP) is 2.70. The van der Waals surface area contributed by atoms with Gasteiger partial charge >= 0.3 is 0 Å². The van der Waals surface area contributed by atoms with Crippen LogP contribution in [0.4, 0.5) is 5.69 Å². The van der Waals surface area contributed by atoms with Crippen molar-refractivity contribution in [3.8, 4) is 0 Å². The summed E-state index contributed by atoms with van der Waals surface area (Å²) in [6, 6.07) is 7.88. The second kappa shape index (κ2) is 8.02. The molecule has 1 rings (SSSR count). The Bertz CT molecular complexity index is 434. The van der Waals surface area contributed by atoms with Crippen LogP contribution in [0.25, 0.3) is 0 Å². The molecule has 1 amide bonds. The fourth-order valence-electron chi connectivity index (χ4n) is 1.98. The summed E-state index contributed by atoms with van der Waals surface area (Å²) in [5, 5.41) is 16.1. The minimum Gasteiger partial charge on any atom is -0.392 e. The van der Waals surface area contributed by atoms with Gasteiger partial charge in [0.15, 0.2) is 0 Å². The van der Waals surface area contributed by atoms with Gasteiger partial charge in [-0.2, -0.15) is 0 Å². The molecule has 0 radical (unpaired) electrons. The Balaban J connectivity index is 2.58. The average Bonchev–Trinajstić information content (AvgIpc) is 2.43. The third-order valence-electron chi connectivity index (χ3n) is 3.64. The van der Waals surface area contributed by atoms with Crippen molar-refractivity contribution < 1.29 is 9.90 Å². The molecule has 0 bridgehead atoms. The molecule has 3 N–H and O–H groups in total. The van der Waals surface area contributed by atoms with Crippen LogP contribution in [0.1, 0.15) is 45.7 Å². The number of hydrogen-bond acceptors (Lipinski definition) is 3. The van der Waals surface area contributed by atoms with Crippen molar-refractivity contribution in [3.05, 3.63) is 29.8 Å². The lowest BCUT2D eigenvalue weighted by Gasteiger charge is -2.21. The lowest BCUT2D eigenvalue weighted by Crippen LogP contribution is -2.33. The first-order valence-electron chi connectivity index (χ1n) is 7.23. The van der Waals surface area contributed by atoms with Crippen LogP contribution in [0, 0.1) is 5.92 Å². The Labute approximate surface area is 121 Å². The molecule has 0 aliphatic heterocycles. The quantitative estimate of drug-likeness (QED) is 0.718. The van der Waals surface area contributed by atoms with Gasteiger partial charge in [-0.15, -0.1) is 0 Å². The molecular formula is C16H26N2O2. The molecule has 1 aromatic carbocycles. The third kappa shape index (κ3) is 5.31. The summed E-state index contributed by atoms with van der Waals surface area (Å²) in [6.45, 7) is 8.25. The van der Waals surface area contributed by atoms with Crippen LogP contribution >= 0.6 is 0 Å². The van der Waals surface area contributed by atoms with E-state index in [4.69, 9.17) is 0 Å². The number of hydrogen-bond donors (Lipinski definition) is 3. The number of aliphatic hydroxyl groups is 1. The van der Waals surface area contributed by atoms with Crippen LogP contribution in [0.15, 0.2) is 24.3 Å². The molecule has 1 aromatic rings. The molecular weight excluding hydrogens is 252 g/mol. The van der Waals surface area contributed by atoms with E-state index in [1.54, 1.807) is 0 Å². The van der Waals surface area contributed by atoms with Gasteiger partial charge in [0.25, 0.3) is 0 Å². The van der Waals surface area contributed by atoms with Crippen molar-refractivity contribution in [2.45, 2.75) is 46.3 Å². The largest absolute Gasteiger partial charge is 0.392 e. The van der Waals surface area contributed by atoms with Crippen LogP contribution in [0.5, 0.6) is 0 Å². The zero-order valence-electron chi connectivity index (χ0n) is 12.8. The van der Waals surface area contributed by atoms with E-state index in [1.165, 1.54) is 6.92 Å². The molecule has 20 heavy (non-hydrogen) atoms. The first kappa shape index (κ1) is 16.7. The number of benzene rings is 1. The summed E-state index contributed by atoms with van der Waals surface area (Å²) in [5.41, 5.74) is 1.89. The van der Waals surface area contributed by atoms with Crippen molar-refractivity contribution in [3.63, 3.8) is 0 Å². The molecule has 112 valence electrons. The summed E-state index contributed by atoms with van der Waals surface area (Å²) in [5.74, 6) is 0.218. The van der Waals surface area contributed by atoms with Gasteiger partial charge in [0.1, 0.15) is 0 Å². The summed E-state index contributed by atoms with van der Waals surface area (Å²) < 4.78 is 0. The molecule has 4 nitrogen and oxygen atoms in total. The highest BCUT2D eigenvalue weighted by atomic mass is 16.3. The van der Waals surface area contributed by atoms with Gasteiger partial charge in [0.05, 0.1) is 6.10 Å². The molecule has 3 unspecified atom stereocenters. The molecule has 0 aliphatic rings. The van der Waals surface area contributed by atoms with E-state index < -0.39 is 0 Å². The monoisotopic (exact) mass is 278 g/mol. The molecule has 0 spiro atoms. The lowest BCUT2D eigenvalue weighted by atomic mass is 10.0. The molecule has 3 atom stereocenters. The minimum atomic E-state index is -0.332. The first-order valence-corrected chi connectivity index (χ1v) is 7.23. The van der Waals surface area contributed by atoms with Crippen molar-refractivity contribution in [2.24, 2.45) is 5.92 Å². The number of amides is 1. The standard InChI is InChI=1S/C16H26N2O2/c1-5-11(2)16(20)10-17-12(3)14-7-6-8-15(9-14)18-13(4)19/h6-9,11-12,16-17,20H,5,10H2,1-4H3,(H,18,19). The van der Waals surface area contributed by atoms with Crippen molar-refractivity contribution >= 4 is 11.6 Å². The number of carbonyl (C=O) groups excluding carboxylic acids is 1. The van der Waals surface area contributed by atoms with Crippen molar-refractivity contribution in [1.82, 2.24) is 5.32 Å². The second-order valence-corrected chi connectivity index (χ2v) is 5.39. The maximum atomic E-state index is 11.1. The topological polar surface area (TPSA) is 61.4 Å². The Morgan fingerprint density at radius 2 is 2.05 bits per heavy atom. The summed E-state index contributed by atoms with van der Waals surface area (Å²) in [7, 11) is 0. The van der Waals surface area contributed by atoms with E-state index in [-0.39, 0.29) is 18.1 Å². The molecule has 0 saturated heterocycles. The molecule has 0 saturated carbocycles. The fourth-order valence-corrected chi connectivity index (χ4v) is 1.98. The van der Waals surface area contributed by atoms with Crippen molar-refractivity contribution in [1.29, 1.82) is 0 Å². The molecule has 4 heteroatoms. The normalized spacial score (nSPS) is 15.4. The van der Waals surface area contributed by atoms with Crippen molar-refractivity contribution in [2.75, 3.05) is 11.9 Å². The Kier molecular flexibility index (Phi) is 6.68. The van der Waals surface area contributed by atoms with Gasteiger partial charge in [0.2, 0.25) is 5.91 Å². The highest BCUT2D eigenvalue weighted by molar-refractivity contribution is 5.88. The number of nitrogens with one attached hydrogen (secondary N) is 2. The van der Waals surface area contributed by atoms with Crippen LogP contribution in [-0.2, 0) is 4.79 Å². The van der Waals surface area contributed by atoms with E-state index >= 15 is 0 Å². The Morgan fingerprint density at radius 1 is 1.35 bits per heavy atom. The second-order valence-electron chi connectivity index (χ2n) is 5.39. The predicted molar refractivity (Wildman–Crippen MR) is 82.6 cm³/mol. The Morgan fingerprint density at radius 3 is 2.65 bits per heavy atom. The SMILES string of the molecule is CCC(C)C(O)CNC(C)c1cccc(NC(C)=O)c1. The van der Waals surface area contributed by atoms with Gasteiger partial charge in [0, 0.05) is 25.2 Å². The van der Waals surface area contributed by atoms with E-state index in [0.29, 0.717) is 12.5 Å². The van der Waals surface area contributed by atoms with Gasteiger partial charge in [-0.3, -0.25) is 4.79 Å². The number of carbonyl (C=O) groups is 1. The summed E-state index contributed by atoms with van der Waals surface area (Å²) >= 11 is 0. The maximum absolute atomic E-state index is 11.1. The molecule has 0 aromatic heterocycles. The average molecular weight is 278 g/mol. The fraction of sp³-hybridized carbons (Fsp3) is 0.562. The van der Waals surface area contributed by atoms with Crippen LogP contribution in [0.3, 0.4) is 0 Å². The van der Waals surface area contributed by atoms with E-state index in [1.807, 2.05) is 24.3 Å². The molecule has 0 fully saturated rings. The summed E-state index contributed by atoms with van der Waals surface area (Å²) in [6.07, 6.45) is 0.635. The summed E-state index contributed by atoms with van der Waals surface area (Å²) in [4.78, 5) is 11.1.